The summed E-state index contributed by atoms with van der Waals surface area (Å²) in [4.78, 5) is 0. The van der Waals surface area contributed by atoms with Crippen LogP contribution in [0.3, 0.4) is 0 Å². The summed E-state index contributed by atoms with van der Waals surface area (Å²) in [5.74, 6) is 0. The number of hydrogen-bond acceptors (Lipinski definition) is 1. The van der Waals surface area contributed by atoms with E-state index in [0.717, 1.165) is 6.42 Å². The predicted octanol–water partition coefficient (Wildman–Crippen LogP) is 5.10. The van der Waals surface area contributed by atoms with Gasteiger partial charge in [-0.2, -0.15) is 0 Å². The molecular weight excluding hydrogens is 200 g/mol. The van der Waals surface area contributed by atoms with Crippen molar-refractivity contribution in [3.8, 4) is 0 Å². The van der Waals surface area contributed by atoms with Crippen LogP contribution in [0.4, 0.5) is 0 Å². The van der Waals surface area contributed by atoms with Gasteiger partial charge in [-0.3, -0.25) is 0 Å². The second-order valence-electron chi connectivity index (χ2n) is 5.22. The number of allylic oxidation sites excluding steroid dienone is 1. The van der Waals surface area contributed by atoms with Crippen LogP contribution in [-0.2, 0) is 4.43 Å². The zero-order valence-electron chi connectivity index (χ0n) is 11.5. The molecule has 0 aliphatic carbocycles. The molecule has 0 heterocycles. The molecule has 1 nitrogen and oxygen atoms in total. The minimum atomic E-state index is -1.65. The number of rotatable bonds is 6. The minimum Gasteiger partial charge on any atom is -0.548 e. The van der Waals surface area contributed by atoms with Crippen molar-refractivity contribution in [1.29, 1.82) is 0 Å². The summed E-state index contributed by atoms with van der Waals surface area (Å²) < 4.78 is 6.21. The first kappa shape index (κ1) is 14.8. The molecule has 0 aromatic rings. The van der Waals surface area contributed by atoms with Crippen LogP contribution in [0, 0.1) is 0 Å². The summed E-state index contributed by atoms with van der Waals surface area (Å²) in [6.45, 7) is 16.0. The van der Waals surface area contributed by atoms with Crippen molar-refractivity contribution in [3.63, 3.8) is 0 Å². The molecule has 2 heteroatoms. The second kappa shape index (κ2) is 6.36. The van der Waals surface area contributed by atoms with Crippen LogP contribution in [0.15, 0.2) is 12.3 Å². The average Bonchev–Trinajstić information content (AvgIpc) is 2.10. The fraction of sp³-hybridized carbons (Fsp3) is 0.846. The van der Waals surface area contributed by atoms with E-state index >= 15 is 0 Å². The van der Waals surface area contributed by atoms with Gasteiger partial charge in [0.15, 0.2) is 0 Å². The standard InChI is InChI=1S/C13H28OSi/c1-8-9-10-14-15(11(2)3,12(4)5)13(6)7/h9-13H,8H2,1-7H3/b10-9+. The summed E-state index contributed by atoms with van der Waals surface area (Å²) in [5.41, 5.74) is 2.00. The fourth-order valence-electron chi connectivity index (χ4n) is 2.67. The zero-order valence-corrected chi connectivity index (χ0v) is 12.5. The van der Waals surface area contributed by atoms with Crippen molar-refractivity contribution < 1.29 is 4.43 Å². The maximum Gasteiger partial charge on any atom is 0.257 e. The van der Waals surface area contributed by atoms with Crippen LogP contribution >= 0.6 is 0 Å². The minimum absolute atomic E-state index is 0.666. The van der Waals surface area contributed by atoms with Gasteiger partial charge in [-0.15, -0.1) is 0 Å². The third-order valence-corrected chi connectivity index (χ3v) is 9.27. The SMILES string of the molecule is CC/C=C/O[Si](C(C)C)(C(C)C)C(C)C. The Labute approximate surface area is 97.0 Å². The van der Waals surface area contributed by atoms with E-state index in [1.54, 1.807) is 0 Å². The van der Waals surface area contributed by atoms with Gasteiger partial charge >= 0.3 is 0 Å². The van der Waals surface area contributed by atoms with E-state index in [2.05, 4.69) is 54.5 Å². The van der Waals surface area contributed by atoms with Crippen molar-refractivity contribution in [1.82, 2.24) is 0 Å². The average molecular weight is 228 g/mol. The van der Waals surface area contributed by atoms with E-state index in [1.807, 2.05) is 6.26 Å². The highest BCUT2D eigenvalue weighted by molar-refractivity contribution is 6.77. The van der Waals surface area contributed by atoms with Gasteiger partial charge in [0.25, 0.3) is 8.32 Å². The van der Waals surface area contributed by atoms with Gasteiger partial charge < -0.3 is 4.43 Å². The molecule has 0 N–H and O–H groups in total. The van der Waals surface area contributed by atoms with Crippen molar-refractivity contribution in [2.45, 2.75) is 71.5 Å². The monoisotopic (exact) mass is 228 g/mol. The molecule has 0 aromatic heterocycles. The first-order chi connectivity index (χ1) is 6.89. The first-order valence-electron chi connectivity index (χ1n) is 6.22. The van der Waals surface area contributed by atoms with E-state index in [0.29, 0.717) is 16.6 Å². The molecule has 0 unspecified atom stereocenters. The van der Waals surface area contributed by atoms with Gasteiger partial charge in [-0.25, -0.2) is 0 Å². The van der Waals surface area contributed by atoms with Crippen molar-refractivity contribution in [2.75, 3.05) is 0 Å². The molecule has 0 rings (SSSR count). The predicted molar refractivity (Wildman–Crippen MR) is 71.6 cm³/mol. The van der Waals surface area contributed by atoms with E-state index in [9.17, 15) is 0 Å². The van der Waals surface area contributed by atoms with Crippen LogP contribution < -0.4 is 0 Å². The van der Waals surface area contributed by atoms with E-state index < -0.39 is 8.32 Å². The van der Waals surface area contributed by atoms with Gasteiger partial charge in [0.1, 0.15) is 0 Å². The van der Waals surface area contributed by atoms with Crippen molar-refractivity contribution in [2.24, 2.45) is 0 Å². The molecule has 15 heavy (non-hydrogen) atoms. The molecular formula is C13H28OSi. The lowest BCUT2D eigenvalue weighted by Crippen LogP contribution is -2.46. The summed E-state index contributed by atoms with van der Waals surface area (Å²) in [6, 6.07) is 0. The normalized spacial score (nSPS) is 13.5. The number of hydrogen-bond donors (Lipinski definition) is 0. The van der Waals surface area contributed by atoms with Gasteiger partial charge in [-0.1, -0.05) is 54.5 Å². The smallest absolute Gasteiger partial charge is 0.257 e. The van der Waals surface area contributed by atoms with Crippen LogP contribution in [0.2, 0.25) is 16.6 Å². The Bertz CT molecular complexity index is 173. The Balaban J connectivity index is 4.88. The molecule has 0 aliphatic rings. The molecule has 0 radical (unpaired) electrons. The second-order valence-corrected chi connectivity index (χ2v) is 10.6. The summed E-state index contributed by atoms with van der Waals surface area (Å²) in [7, 11) is -1.65. The zero-order chi connectivity index (χ0) is 12.1. The summed E-state index contributed by atoms with van der Waals surface area (Å²) in [5, 5.41) is 0. The molecule has 0 aromatic carbocycles. The lowest BCUT2D eigenvalue weighted by atomic mass is 10.5. The maximum absolute atomic E-state index is 6.21. The molecule has 0 amide bonds. The molecule has 0 spiro atoms. The topological polar surface area (TPSA) is 9.23 Å². The van der Waals surface area contributed by atoms with Gasteiger partial charge in [0.05, 0.1) is 6.26 Å². The summed E-state index contributed by atoms with van der Waals surface area (Å²) >= 11 is 0. The van der Waals surface area contributed by atoms with E-state index in [4.69, 9.17) is 4.43 Å². The van der Waals surface area contributed by atoms with E-state index in [-0.39, 0.29) is 0 Å². The Kier molecular flexibility index (Phi) is 6.26. The summed E-state index contributed by atoms with van der Waals surface area (Å²) in [6.07, 6.45) is 5.12. The molecule has 0 aliphatic heterocycles. The van der Waals surface area contributed by atoms with Gasteiger partial charge in [0, 0.05) is 0 Å². The maximum atomic E-state index is 6.21. The lowest BCUT2D eigenvalue weighted by Gasteiger charge is -2.41. The fourth-order valence-corrected chi connectivity index (χ4v) is 7.82. The Morgan fingerprint density at radius 1 is 0.933 bits per heavy atom. The van der Waals surface area contributed by atoms with Gasteiger partial charge in [0.2, 0.25) is 0 Å². The van der Waals surface area contributed by atoms with Crippen LogP contribution in [0.25, 0.3) is 0 Å². The molecule has 90 valence electrons. The Hall–Kier alpha value is -0.243. The van der Waals surface area contributed by atoms with E-state index in [1.165, 1.54) is 0 Å². The molecule has 0 saturated carbocycles. The largest absolute Gasteiger partial charge is 0.548 e. The molecule has 0 atom stereocenters. The Morgan fingerprint density at radius 2 is 1.33 bits per heavy atom. The van der Waals surface area contributed by atoms with Crippen molar-refractivity contribution >= 4 is 8.32 Å². The highest BCUT2D eigenvalue weighted by Crippen LogP contribution is 2.42. The quantitative estimate of drug-likeness (QED) is 0.454. The molecule has 0 bridgehead atoms. The third kappa shape index (κ3) is 3.37. The first-order valence-corrected chi connectivity index (χ1v) is 8.36. The third-order valence-electron chi connectivity index (χ3n) is 3.31. The molecule has 0 saturated heterocycles. The van der Waals surface area contributed by atoms with Gasteiger partial charge in [-0.05, 0) is 23.0 Å². The van der Waals surface area contributed by atoms with Crippen molar-refractivity contribution in [3.05, 3.63) is 12.3 Å². The van der Waals surface area contributed by atoms with Crippen LogP contribution in [-0.4, -0.2) is 8.32 Å². The van der Waals surface area contributed by atoms with Crippen LogP contribution in [0.1, 0.15) is 54.9 Å². The van der Waals surface area contributed by atoms with Crippen LogP contribution in [0.5, 0.6) is 0 Å². The lowest BCUT2D eigenvalue weighted by molar-refractivity contribution is 0.415. The Morgan fingerprint density at radius 3 is 1.60 bits per heavy atom. The highest BCUT2D eigenvalue weighted by atomic mass is 28.4. The highest BCUT2D eigenvalue weighted by Gasteiger charge is 2.46. The molecule has 0 fully saturated rings.